The summed E-state index contributed by atoms with van der Waals surface area (Å²) >= 11 is 0. The van der Waals surface area contributed by atoms with E-state index in [1.54, 1.807) is 6.92 Å². The molecule has 0 aliphatic carbocycles. The molecule has 230 valence electrons. The van der Waals surface area contributed by atoms with Gasteiger partial charge in [0.2, 0.25) is 23.7 Å². The molecule has 1 unspecified atom stereocenters. The summed E-state index contributed by atoms with van der Waals surface area (Å²) in [6.07, 6.45) is 5.90. The molecule has 0 spiro atoms. The highest BCUT2D eigenvalue weighted by Gasteiger charge is 2.35. The number of nitrogens with one attached hydrogen (secondary N) is 1. The van der Waals surface area contributed by atoms with Crippen molar-refractivity contribution in [3.63, 3.8) is 0 Å². The zero-order valence-electron chi connectivity index (χ0n) is 25.6. The van der Waals surface area contributed by atoms with Crippen LogP contribution >= 0.6 is 0 Å². The van der Waals surface area contributed by atoms with Crippen LogP contribution in [0.15, 0.2) is 30.5 Å². The maximum atomic E-state index is 12.8. The van der Waals surface area contributed by atoms with Crippen LogP contribution in [-0.2, 0) is 27.5 Å². The number of aryl methyl sites for hydroxylation is 1. The van der Waals surface area contributed by atoms with Gasteiger partial charge in [0, 0.05) is 77.3 Å². The van der Waals surface area contributed by atoms with Crippen LogP contribution in [0.2, 0.25) is 0 Å². The minimum absolute atomic E-state index is 0.00457. The molecule has 4 heterocycles. The van der Waals surface area contributed by atoms with Gasteiger partial charge in [0.05, 0.1) is 5.52 Å². The molecule has 0 bridgehead atoms. The van der Waals surface area contributed by atoms with E-state index in [-0.39, 0.29) is 49.0 Å². The van der Waals surface area contributed by atoms with Crippen molar-refractivity contribution in [3.05, 3.63) is 47.2 Å². The predicted octanol–water partition coefficient (Wildman–Crippen LogP) is 3.40. The van der Waals surface area contributed by atoms with E-state index < -0.39 is 0 Å². The largest absolute Gasteiger partial charge is 0.368 e. The van der Waals surface area contributed by atoms with Gasteiger partial charge in [-0.1, -0.05) is 44.9 Å². The third-order valence-corrected chi connectivity index (χ3v) is 8.60. The lowest BCUT2D eigenvalue weighted by Gasteiger charge is -2.35. The van der Waals surface area contributed by atoms with E-state index in [0.29, 0.717) is 19.6 Å². The summed E-state index contributed by atoms with van der Waals surface area (Å²) in [5.41, 5.74) is 11.5. The molecular formula is C32H44N8O3. The van der Waals surface area contributed by atoms with E-state index in [2.05, 4.69) is 56.8 Å². The Morgan fingerprint density at radius 2 is 1.86 bits per heavy atom. The van der Waals surface area contributed by atoms with Gasteiger partial charge in [0.15, 0.2) is 5.82 Å². The fourth-order valence-corrected chi connectivity index (χ4v) is 6.04. The lowest BCUT2D eigenvalue weighted by atomic mass is 10.0. The third-order valence-electron chi connectivity index (χ3n) is 8.60. The van der Waals surface area contributed by atoms with Gasteiger partial charge in [0.1, 0.15) is 5.52 Å². The van der Waals surface area contributed by atoms with Crippen molar-refractivity contribution in [2.45, 2.75) is 66.0 Å². The molecule has 0 radical (unpaired) electrons. The summed E-state index contributed by atoms with van der Waals surface area (Å²) in [5.74, 6) is 0.454. The lowest BCUT2D eigenvalue weighted by Crippen LogP contribution is -2.49. The van der Waals surface area contributed by atoms with E-state index in [4.69, 9.17) is 5.73 Å². The molecule has 3 N–H and O–H groups in total. The van der Waals surface area contributed by atoms with E-state index in [1.807, 2.05) is 17.2 Å². The van der Waals surface area contributed by atoms with Crippen LogP contribution in [-0.4, -0.2) is 86.2 Å². The first-order valence-corrected chi connectivity index (χ1v) is 15.5. The Kier molecular flexibility index (Phi) is 9.59. The minimum Gasteiger partial charge on any atom is -0.368 e. The fraction of sp³-hybridized carbons (Fsp3) is 0.531. The van der Waals surface area contributed by atoms with Gasteiger partial charge in [-0.25, -0.2) is 4.98 Å². The van der Waals surface area contributed by atoms with Crippen LogP contribution in [0.25, 0.3) is 11.0 Å². The zero-order chi connectivity index (χ0) is 30.5. The van der Waals surface area contributed by atoms with Crippen molar-refractivity contribution in [2.24, 2.45) is 5.92 Å². The molecule has 2 saturated heterocycles. The summed E-state index contributed by atoms with van der Waals surface area (Å²) in [6, 6.07) is 8.63. The van der Waals surface area contributed by atoms with Gasteiger partial charge >= 0.3 is 0 Å². The van der Waals surface area contributed by atoms with Gasteiger partial charge in [-0.05, 0) is 36.1 Å². The molecule has 43 heavy (non-hydrogen) atoms. The van der Waals surface area contributed by atoms with Crippen LogP contribution in [0, 0.1) is 12.8 Å². The average molecular weight is 589 g/mol. The molecule has 11 heteroatoms. The summed E-state index contributed by atoms with van der Waals surface area (Å²) in [5, 5.41) is 3.47. The van der Waals surface area contributed by atoms with Gasteiger partial charge in [-0.2, -0.15) is 4.98 Å². The summed E-state index contributed by atoms with van der Waals surface area (Å²) in [7, 11) is 0. The number of likely N-dealkylation sites (tertiary alicyclic amines) is 1. The SMILES string of the molecule is CCCCCNc1nc(N)nc2ccn(Cc3ccc(CN4CCN(C(=O)CCN5C(=O)CC(C)C5=O)CC4)cc3C)c12. The van der Waals surface area contributed by atoms with Crippen LogP contribution in [0.3, 0.4) is 0 Å². The number of fused-ring (bicyclic) bond motifs is 1. The molecule has 3 amide bonds. The van der Waals surface area contributed by atoms with Crippen molar-refractivity contribution in [1.82, 2.24) is 29.2 Å². The molecule has 5 rings (SSSR count). The molecule has 3 aromatic rings. The highest BCUT2D eigenvalue weighted by atomic mass is 16.2. The summed E-state index contributed by atoms with van der Waals surface area (Å²) in [6.45, 7) is 11.5. The Morgan fingerprint density at radius 3 is 2.56 bits per heavy atom. The summed E-state index contributed by atoms with van der Waals surface area (Å²) in [4.78, 5) is 51.3. The maximum absolute atomic E-state index is 12.8. The van der Waals surface area contributed by atoms with Gasteiger partial charge in [-0.15, -0.1) is 0 Å². The van der Waals surface area contributed by atoms with Gasteiger partial charge < -0.3 is 20.5 Å². The number of benzene rings is 1. The number of hydrogen-bond acceptors (Lipinski definition) is 8. The van der Waals surface area contributed by atoms with E-state index in [1.165, 1.54) is 28.0 Å². The number of piperazine rings is 1. The second-order valence-electron chi connectivity index (χ2n) is 11.9. The number of nitrogens with zero attached hydrogens (tertiary/aromatic N) is 6. The molecule has 2 aliphatic rings. The van der Waals surface area contributed by atoms with E-state index in [0.717, 1.165) is 55.9 Å². The van der Waals surface area contributed by atoms with Crippen LogP contribution in [0.5, 0.6) is 0 Å². The third kappa shape index (κ3) is 7.15. The number of carbonyl (C=O) groups is 3. The highest BCUT2D eigenvalue weighted by Crippen LogP contribution is 2.25. The number of hydrogen-bond donors (Lipinski definition) is 2. The Morgan fingerprint density at radius 1 is 1.07 bits per heavy atom. The second kappa shape index (κ2) is 13.5. The first kappa shape index (κ1) is 30.5. The van der Waals surface area contributed by atoms with Crippen molar-refractivity contribution in [3.8, 4) is 0 Å². The highest BCUT2D eigenvalue weighted by molar-refractivity contribution is 6.03. The molecule has 0 saturated carbocycles. The number of rotatable bonds is 12. The monoisotopic (exact) mass is 588 g/mol. The Labute approximate surface area is 253 Å². The fourth-order valence-electron chi connectivity index (χ4n) is 6.04. The van der Waals surface area contributed by atoms with E-state index >= 15 is 0 Å². The van der Waals surface area contributed by atoms with Crippen LogP contribution in [0.1, 0.15) is 62.6 Å². The maximum Gasteiger partial charge on any atom is 0.232 e. The quantitative estimate of drug-likeness (QED) is 0.243. The molecular weight excluding hydrogens is 544 g/mol. The average Bonchev–Trinajstić information content (AvgIpc) is 3.49. The normalized spacial score (nSPS) is 17.8. The first-order valence-electron chi connectivity index (χ1n) is 15.5. The number of anilines is 2. The summed E-state index contributed by atoms with van der Waals surface area (Å²) < 4.78 is 2.19. The molecule has 2 fully saturated rings. The molecule has 2 aliphatic heterocycles. The standard InChI is InChI=1S/C32H44N8O3/c1-4-5-6-11-34-30-29-26(35-32(33)36-30)9-12-39(29)21-25-8-7-24(18-22(25)2)20-37-14-16-38(17-15-37)27(41)10-13-40-28(42)19-23(3)31(40)43/h7-9,12,18,23H,4-6,10-11,13-17,19-21H2,1-3H3,(H3,33,34,35,36). The number of unbranched alkanes of at least 4 members (excludes halogenated alkanes) is 2. The van der Waals surface area contributed by atoms with Crippen molar-refractivity contribution in [2.75, 3.05) is 50.3 Å². The van der Waals surface area contributed by atoms with Gasteiger partial charge in [0.25, 0.3) is 0 Å². The number of nitrogens with two attached hydrogens (primary N) is 1. The number of aromatic nitrogens is 3. The number of nitrogen functional groups attached to an aromatic ring is 1. The number of imide groups is 1. The smallest absolute Gasteiger partial charge is 0.232 e. The van der Waals surface area contributed by atoms with Crippen LogP contribution in [0.4, 0.5) is 11.8 Å². The van der Waals surface area contributed by atoms with Gasteiger partial charge in [-0.3, -0.25) is 24.2 Å². The first-order chi connectivity index (χ1) is 20.7. The predicted molar refractivity (Wildman–Crippen MR) is 167 cm³/mol. The number of amides is 3. The Balaban J connectivity index is 1.15. The van der Waals surface area contributed by atoms with Crippen molar-refractivity contribution in [1.29, 1.82) is 0 Å². The molecule has 1 atom stereocenters. The topological polar surface area (TPSA) is 130 Å². The second-order valence-corrected chi connectivity index (χ2v) is 11.9. The van der Waals surface area contributed by atoms with Crippen molar-refractivity contribution < 1.29 is 14.4 Å². The minimum atomic E-state index is -0.276. The molecule has 2 aromatic heterocycles. The van der Waals surface area contributed by atoms with E-state index in [9.17, 15) is 14.4 Å². The molecule has 1 aromatic carbocycles. The van der Waals surface area contributed by atoms with Crippen LogP contribution < -0.4 is 11.1 Å². The zero-order valence-corrected chi connectivity index (χ0v) is 25.6. The lowest BCUT2D eigenvalue weighted by molar-refractivity contribution is -0.140. The Bertz CT molecular complexity index is 1480. The molecule has 11 nitrogen and oxygen atoms in total. The van der Waals surface area contributed by atoms with Crippen molar-refractivity contribution >= 4 is 40.5 Å². The Hall–Kier alpha value is -3.99. The number of carbonyl (C=O) groups excluding carboxylic acids is 3.